The molecule has 0 fully saturated rings. The topological polar surface area (TPSA) is 20.2 Å². The molecule has 0 aliphatic carbocycles. The van der Waals surface area contributed by atoms with Gasteiger partial charge in [-0.15, -0.1) is 0 Å². The summed E-state index contributed by atoms with van der Waals surface area (Å²) in [5.41, 5.74) is 0.380. The van der Waals surface area contributed by atoms with Gasteiger partial charge >= 0.3 is 0 Å². The predicted molar refractivity (Wildman–Crippen MR) is 81.7 cm³/mol. The highest BCUT2D eigenvalue weighted by Crippen LogP contribution is 2.32. The molecule has 2 heteroatoms. The van der Waals surface area contributed by atoms with E-state index in [9.17, 15) is 5.11 Å². The summed E-state index contributed by atoms with van der Waals surface area (Å²) in [5.74, 6) is 0. The number of halogens is 1. The van der Waals surface area contributed by atoms with Gasteiger partial charge in [0.05, 0.1) is 5.60 Å². The van der Waals surface area contributed by atoms with Gasteiger partial charge in [0.1, 0.15) is 0 Å². The van der Waals surface area contributed by atoms with Gasteiger partial charge in [0.15, 0.2) is 0 Å². The fourth-order valence-corrected chi connectivity index (χ4v) is 2.72. The number of unbranched alkanes of at least 4 members (excludes halogenated alkanes) is 4. The molecule has 0 amide bonds. The van der Waals surface area contributed by atoms with Crippen LogP contribution in [0.15, 0.2) is 28.7 Å². The fraction of sp³-hybridized carbons (Fsp3) is 0.625. The van der Waals surface area contributed by atoms with Crippen LogP contribution in [0, 0.1) is 0 Å². The first-order valence-electron chi connectivity index (χ1n) is 7.11. The van der Waals surface area contributed by atoms with Crippen LogP contribution in [-0.4, -0.2) is 5.11 Å². The van der Waals surface area contributed by atoms with Crippen LogP contribution >= 0.6 is 15.9 Å². The van der Waals surface area contributed by atoms with E-state index in [2.05, 4.69) is 29.8 Å². The minimum atomic E-state index is -0.657. The number of benzene rings is 1. The lowest BCUT2D eigenvalue weighted by Gasteiger charge is -2.27. The van der Waals surface area contributed by atoms with E-state index >= 15 is 0 Å². The highest BCUT2D eigenvalue weighted by molar-refractivity contribution is 9.10. The van der Waals surface area contributed by atoms with Crippen molar-refractivity contribution in [1.82, 2.24) is 0 Å². The summed E-state index contributed by atoms with van der Waals surface area (Å²) in [4.78, 5) is 0. The maximum Gasteiger partial charge on any atom is 0.0894 e. The van der Waals surface area contributed by atoms with Crippen LogP contribution in [0.1, 0.15) is 64.4 Å². The highest BCUT2D eigenvalue weighted by atomic mass is 79.9. The minimum absolute atomic E-state index is 0.657. The van der Waals surface area contributed by atoms with Gasteiger partial charge in [0.2, 0.25) is 0 Å². The van der Waals surface area contributed by atoms with Gasteiger partial charge in [-0.1, -0.05) is 74.0 Å². The van der Waals surface area contributed by atoms with Gasteiger partial charge in [0.25, 0.3) is 0 Å². The van der Waals surface area contributed by atoms with E-state index in [1.807, 2.05) is 24.3 Å². The molecule has 102 valence electrons. The molecule has 0 saturated carbocycles. The summed E-state index contributed by atoms with van der Waals surface area (Å²) in [7, 11) is 0. The van der Waals surface area contributed by atoms with Crippen molar-refractivity contribution in [2.24, 2.45) is 0 Å². The molecule has 1 atom stereocenters. The van der Waals surface area contributed by atoms with Crippen LogP contribution in [-0.2, 0) is 5.60 Å². The maximum atomic E-state index is 10.8. The van der Waals surface area contributed by atoms with Crippen molar-refractivity contribution in [3.05, 3.63) is 34.3 Å². The first-order chi connectivity index (χ1) is 8.62. The van der Waals surface area contributed by atoms with Crippen LogP contribution < -0.4 is 0 Å². The molecule has 0 heterocycles. The number of hydrogen-bond acceptors (Lipinski definition) is 1. The Kier molecular flexibility index (Phi) is 6.95. The van der Waals surface area contributed by atoms with E-state index in [1.54, 1.807) is 0 Å². The Morgan fingerprint density at radius 3 is 2.44 bits per heavy atom. The lowest BCUT2D eigenvalue weighted by Crippen LogP contribution is -2.24. The van der Waals surface area contributed by atoms with Crippen molar-refractivity contribution in [3.8, 4) is 0 Å². The second-order valence-corrected chi connectivity index (χ2v) is 5.98. The van der Waals surface area contributed by atoms with E-state index in [1.165, 1.54) is 25.7 Å². The quantitative estimate of drug-likeness (QED) is 0.636. The molecule has 1 nitrogen and oxygen atoms in total. The first-order valence-corrected chi connectivity index (χ1v) is 7.90. The van der Waals surface area contributed by atoms with E-state index in [0.717, 1.165) is 29.3 Å². The van der Waals surface area contributed by atoms with E-state index in [0.29, 0.717) is 0 Å². The van der Waals surface area contributed by atoms with Crippen molar-refractivity contribution in [2.45, 2.75) is 64.4 Å². The fourth-order valence-electron chi connectivity index (χ4n) is 2.32. The molecule has 0 aliphatic rings. The van der Waals surface area contributed by atoms with Crippen molar-refractivity contribution in [2.75, 3.05) is 0 Å². The van der Waals surface area contributed by atoms with Crippen LogP contribution in [0.5, 0.6) is 0 Å². The van der Waals surface area contributed by atoms with Gasteiger partial charge in [0, 0.05) is 4.47 Å². The van der Waals surface area contributed by atoms with Gasteiger partial charge < -0.3 is 5.11 Å². The molecular weight excluding hydrogens is 288 g/mol. The normalized spacial score (nSPS) is 14.4. The van der Waals surface area contributed by atoms with Crippen molar-refractivity contribution >= 4 is 15.9 Å². The van der Waals surface area contributed by atoms with Gasteiger partial charge in [-0.3, -0.25) is 0 Å². The van der Waals surface area contributed by atoms with E-state index in [4.69, 9.17) is 0 Å². The lowest BCUT2D eigenvalue weighted by atomic mass is 9.86. The maximum absolute atomic E-state index is 10.8. The Labute approximate surface area is 120 Å². The number of rotatable bonds is 8. The molecule has 1 rings (SSSR count). The second-order valence-electron chi connectivity index (χ2n) is 5.06. The third kappa shape index (κ3) is 4.74. The van der Waals surface area contributed by atoms with E-state index < -0.39 is 5.60 Å². The standard InChI is InChI=1S/C16H25BrO/c1-3-5-6-7-8-12-16(18,4-2)14-10-9-11-15(17)13-14/h9-11,13,18H,3-8,12H2,1-2H3. The van der Waals surface area contributed by atoms with Crippen LogP contribution in [0.4, 0.5) is 0 Å². The average Bonchev–Trinajstić information content (AvgIpc) is 2.38. The van der Waals surface area contributed by atoms with Crippen molar-refractivity contribution in [3.63, 3.8) is 0 Å². The molecule has 0 aromatic heterocycles. The van der Waals surface area contributed by atoms with Crippen LogP contribution in [0.3, 0.4) is 0 Å². The SMILES string of the molecule is CCCCCCCC(O)(CC)c1cccc(Br)c1. The predicted octanol–water partition coefficient (Wildman–Crippen LogP) is 5.41. The van der Waals surface area contributed by atoms with Crippen molar-refractivity contribution < 1.29 is 5.11 Å². The monoisotopic (exact) mass is 312 g/mol. The summed E-state index contributed by atoms with van der Waals surface area (Å²) in [6.07, 6.45) is 7.84. The minimum Gasteiger partial charge on any atom is -0.385 e. The van der Waals surface area contributed by atoms with Crippen LogP contribution in [0.25, 0.3) is 0 Å². The Balaban J connectivity index is 2.56. The second kappa shape index (κ2) is 7.96. The number of hydrogen-bond donors (Lipinski definition) is 1. The molecule has 18 heavy (non-hydrogen) atoms. The highest BCUT2D eigenvalue weighted by Gasteiger charge is 2.26. The molecule has 0 saturated heterocycles. The first kappa shape index (κ1) is 15.7. The summed E-state index contributed by atoms with van der Waals surface area (Å²) >= 11 is 3.48. The Morgan fingerprint density at radius 2 is 1.83 bits per heavy atom. The molecule has 1 unspecified atom stereocenters. The van der Waals surface area contributed by atoms with Gasteiger partial charge in [-0.25, -0.2) is 0 Å². The average molecular weight is 313 g/mol. The zero-order valence-corrected chi connectivity index (χ0v) is 13.2. The van der Waals surface area contributed by atoms with Gasteiger partial charge in [-0.05, 0) is 30.5 Å². The molecule has 0 radical (unpaired) electrons. The summed E-state index contributed by atoms with van der Waals surface area (Å²) in [6.45, 7) is 4.29. The zero-order chi connectivity index (χ0) is 13.4. The number of aliphatic hydroxyl groups is 1. The molecule has 1 aromatic carbocycles. The Hall–Kier alpha value is -0.340. The van der Waals surface area contributed by atoms with Gasteiger partial charge in [-0.2, -0.15) is 0 Å². The molecule has 1 N–H and O–H groups in total. The smallest absolute Gasteiger partial charge is 0.0894 e. The van der Waals surface area contributed by atoms with Crippen molar-refractivity contribution in [1.29, 1.82) is 0 Å². The Morgan fingerprint density at radius 1 is 1.11 bits per heavy atom. The summed E-state index contributed by atoms with van der Waals surface area (Å²) in [5, 5.41) is 10.8. The Bertz CT molecular complexity index is 351. The molecule has 0 bridgehead atoms. The molecule has 1 aromatic rings. The summed E-state index contributed by atoms with van der Waals surface area (Å²) in [6, 6.07) is 8.06. The molecule has 0 spiro atoms. The molecule has 0 aliphatic heterocycles. The lowest BCUT2D eigenvalue weighted by molar-refractivity contribution is 0.0206. The molecular formula is C16H25BrO. The largest absolute Gasteiger partial charge is 0.385 e. The third-order valence-electron chi connectivity index (χ3n) is 3.64. The summed E-state index contributed by atoms with van der Waals surface area (Å²) < 4.78 is 1.04. The third-order valence-corrected chi connectivity index (χ3v) is 4.13. The zero-order valence-electron chi connectivity index (χ0n) is 11.6. The van der Waals surface area contributed by atoms with Crippen LogP contribution in [0.2, 0.25) is 0 Å². The van der Waals surface area contributed by atoms with E-state index in [-0.39, 0.29) is 0 Å².